The van der Waals surface area contributed by atoms with E-state index >= 15 is 0 Å². The molecule has 106 valence electrons. The summed E-state index contributed by atoms with van der Waals surface area (Å²) in [5.74, 6) is -1.40. The molecule has 0 aliphatic carbocycles. The molecule has 1 saturated heterocycles. The van der Waals surface area contributed by atoms with Crippen LogP contribution >= 0.6 is 0 Å². The fourth-order valence-electron chi connectivity index (χ4n) is 2.55. The third kappa shape index (κ3) is 3.14. The van der Waals surface area contributed by atoms with Crippen molar-refractivity contribution in [1.82, 2.24) is 4.90 Å². The summed E-state index contributed by atoms with van der Waals surface area (Å²) >= 11 is 0. The molecule has 1 heterocycles. The summed E-state index contributed by atoms with van der Waals surface area (Å²) in [4.78, 5) is 12.7. The largest absolute Gasteiger partial charge is 0.386 e. The van der Waals surface area contributed by atoms with E-state index in [1.165, 1.54) is 11.8 Å². The van der Waals surface area contributed by atoms with Gasteiger partial charge in [-0.3, -0.25) is 14.1 Å². The summed E-state index contributed by atoms with van der Waals surface area (Å²) in [6.45, 7) is 0.968. The van der Waals surface area contributed by atoms with Gasteiger partial charge in [-0.2, -0.15) is 0 Å². The van der Waals surface area contributed by atoms with Gasteiger partial charge in [0.15, 0.2) is 0 Å². The van der Waals surface area contributed by atoms with E-state index in [-0.39, 0.29) is 0 Å². The van der Waals surface area contributed by atoms with Gasteiger partial charge < -0.3 is 10.8 Å². The Labute approximate surface area is 104 Å². The molecule has 0 spiro atoms. The van der Waals surface area contributed by atoms with Gasteiger partial charge in [-0.25, -0.2) is 8.78 Å². The molecular formula is C11H19F3N2O2. The summed E-state index contributed by atoms with van der Waals surface area (Å²) in [7, 11) is 0. The average Bonchev–Trinajstić information content (AvgIpc) is 2.77. The molecule has 1 rings (SSSR count). The van der Waals surface area contributed by atoms with E-state index in [1.807, 2.05) is 0 Å². The molecule has 0 bridgehead atoms. The zero-order chi connectivity index (χ0) is 13.9. The smallest absolute Gasteiger partial charge is 0.265 e. The number of alkyl halides is 3. The highest BCUT2D eigenvalue weighted by Crippen LogP contribution is 2.28. The van der Waals surface area contributed by atoms with E-state index in [0.717, 1.165) is 0 Å². The quantitative estimate of drug-likeness (QED) is 0.738. The number of nitrogens with two attached hydrogens (primary N) is 1. The van der Waals surface area contributed by atoms with Gasteiger partial charge in [0, 0.05) is 12.0 Å². The molecule has 3 N–H and O–H groups in total. The van der Waals surface area contributed by atoms with Crippen molar-refractivity contribution >= 4 is 5.91 Å². The zero-order valence-electron chi connectivity index (χ0n) is 10.2. The van der Waals surface area contributed by atoms with E-state index < -0.39 is 43.1 Å². The van der Waals surface area contributed by atoms with Gasteiger partial charge in [0.1, 0.15) is 6.10 Å². The van der Waals surface area contributed by atoms with Crippen LogP contribution in [0.4, 0.5) is 13.2 Å². The van der Waals surface area contributed by atoms with E-state index in [2.05, 4.69) is 0 Å². The Bertz CT molecular complexity index is 291. The second-order valence-electron chi connectivity index (χ2n) is 4.75. The van der Waals surface area contributed by atoms with Crippen LogP contribution in [0.1, 0.15) is 19.8 Å². The molecule has 0 radical (unpaired) electrons. The zero-order valence-corrected chi connectivity index (χ0v) is 10.2. The Morgan fingerprint density at radius 1 is 1.56 bits per heavy atom. The third-order valence-corrected chi connectivity index (χ3v) is 3.44. The van der Waals surface area contributed by atoms with Crippen LogP contribution in [0.25, 0.3) is 0 Å². The number of aliphatic hydroxyl groups is 1. The van der Waals surface area contributed by atoms with Gasteiger partial charge in [-0.15, -0.1) is 0 Å². The van der Waals surface area contributed by atoms with Gasteiger partial charge in [-0.05, 0) is 19.4 Å². The highest BCUT2D eigenvalue weighted by atomic mass is 19.3. The molecule has 0 aromatic heterocycles. The molecule has 0 aromatic rings. The Kier molecular flexibility index (Phi) is 5.40. The number of amides is 1. The van der Waals surface area contributed by atoms with Gasteiger partial charge in [0.25, 0.3) is 6.43 Å². The van der Waals surface area contributed by atoms with Crippen LogP contribution in [-0.4, -0.2) is 53.7 Å². The van der Waals surface area contributed by atoms with Crippen LogP contribution in [0.15, 0.2) is 0 Å². The number of carbonyl (C=O) groups excluding carboxylic acids is 1. The average molecular weight is 268 g/mol. The van der Waals surface area contributed by atoms with E-state index in [0.29, 0.717) is 19.4 Å². The lowest BCUT2D eigenvalue weighted by molar-refractivity contribution is -0.127. The Morgan fingerprint density at radius 2 is 2.17 bits per heavy atom. The summed E-state index contributed by atoms with van der Waals surface area (Å²) in [5.41, 5.74) is 5.20. The Hall–Kier alpha value is -0.820. The van der Waals surface area contributed by atoms with Crippen LogP contribution in [-0.2, 0) is 4.79 Å². The lowest BCUT2D eigenvalue weighted by Gasteiger charge is -2.37. The first kappa shape index (κ1) is 15.2. The lowest BCUT2D eigenvalue weighted by Crippen LogP contribution is -2.55. The second kappa shape index (κ2) is 6.38. The van der Waals surface area contributed by atoms with Crippen molar-refractivity contribution in [3.05, 3.63) is 0 Å². The minimum atomic E-state index is -2.97. The normalized spacial score (nSPS) is 26.2. The predicted octanol–water partition coefficient (Wildman–Crippen LogP) is 0.536. The van der Waals surface area contributed by atoms with Crippen molar-refractivity contribution in [2.45, 2.75) is 44.4 Å². The summed E-state index contributed by atoms with van der Waals surface area (Å²) in [6, 6.07) is -1.78. The molecule has 4 unspecified atom stereocenters. The van der Waals surface area contributed by atoms with Crippen LogP contribution in [0.3, 0.4) is 0 Å². The van der Waals surface area contributed by atoms with Gasteiger partial charge in [0.2, 0.25) is 5.91 Å². The SMILES string of the molecule is CC(CF)C(C(O)C(F)F)N1CCCC1C(N)=O. The van der Waals surface area contributed by atoms with E-state index in [1.54, 1.807) is 0 Å². The molecule has 18 heavy (non-hydrogen) atoms. The van der Waals surface area contributed by atoms with Gasteiger partial charge in [-0.1, -0.05) is 6.92 Å². The number of carbonyl (C=O) groups is 1. The molecule has 1 aliphatic heterocycles. The Morgan fingerprint density at radius 3 is 2.61 bits per heavy atom. The number of aliphatic hydroxyl groups excluding tert-OH is 1. The topological polar surface area (TPSA) is 66.6 Å². The molecule has 1 fully saturated rings. The summed E-state index contributed by atoms with van der Waals surface area (Å²) in [6.07, 6.45) is -3.87. The molecule has 4 nitrogen and oxygen atoms in total. The number of hydrogen-bond donors (Lipinski definition) is 2. The van der Waals surface area contributed by atoms with Crippen molar-refractivity contribution in [3.63, 3.8) is 0 Å². The number of hydrogen-bond acceptors (Lipinski definition) is 3. The molecule has 0 aromatic carbocycles. The van der Waals surface area contributed by atoms with Gasteiger partial charge in [0.05, 0.1) is 12.7 Å². The van der Waals surface area contributed by atoms with Crippen molar-refractivity contribution in [3.8, 4) is 0 Å². The fourth-order valence-corrected chi connectivity index (χ4v) is 2.55. The standard InChI is InChI=1S/C11H19F3N2O2/c1-6(5-12)8(9(17)10(13)14)16-4-2-3-7(16)11(15)18/h6-10,17H,2-5H2,1H3,(H2,15,18). The monoisotopic (exact) mass is 268 g/mol. The number of rotatable bonds is 6. The molecule has 0 saturated carbocycles. The maximum Gasteiger partial charge on any atom is 0.265 e. The number of primary amides is 1. The minimum absolute atomic E-state index is 0.367. The molecule has 7 heteroatoms. The fraction of sp³-hybridized carbons (Fsp3) is 0.909. The number of likely N-dealkylation sites (tertiary alicyclic amines) is 1. The van der Waals surface area contributed by atoms with Crippen LogP contribution in [0.5, 0.6) is 0 Å². The second-order valence-corrected chi connectivity index (χ2v) is 4.75. The third-order valence-electron chi connectivity index (χ3n) is 3.44. The van der Waals surface area contributed by atoms with Crippen molar-refractivity contribution in [2.75, 3.05) is 13.2 Å². The predicted molar refractivity (Wildman–Crippen MR) is 59.9 cm³/mol. The van der Waals surface area contributed by atoms with Crippen LogP contribution in [0.2, 0.25) is 0 Å². The van der Waals surface area contributed by atoms with Crippen molar-refractivity contribution in [1.29, 1.82) is 0 Å². The first-order valence-corrected chi connectivity index (χ1v) is 5.97. The Balaban J connectivity index is 2.91. The maximum absolute atomic E-state index is 12.7. The molecule has 4 atom stereocenters. The highest BCUT2D eigenvalue weighted by molar-refractivity contribution is 5.80. The number of halogens is 3. The minimum Gasteiger partial charge on any atom is -0.386 e. The van der Waals surface area contributed by atoms with Gasteiger partial charge >= 0.3 is 0 Å². The van der Waals surface area contributed by atoms with Crippen LogP contribution in [0, 0.1) is 5.92 Å². The summed E-state index contributed by atoms with van der Waals surface area (Å²) < 4.78 is 38.0. The van der Waals surface area contributed by atoms with E-state index in [9.17, 15) is 23.1 Å². The first-order chi connectivity index (χ1) is 8.40. The molecule has 1 amide bonds. The lowest BCUT2D eigenvalue weighted by atomic mass is 9.95. The summed E-state index contributed by atoms with van der Waals surface area (Å²) in [5, 5.41) is 9.54. The number of nitrogens with zero attached hydrogens (tertiary/aromatic N) is 1. The molecular weight excluding hydrogens is 249 g/mol. The first-order valence-electron chi connectivity index (χ1n) is 5.97. The molecule has 1 aliphatic rings. The van der Waals surface area contributed by atoms with Crippen LogP contribution < -0.4 is 5.73 Å². The maximum atomic E-state index is 12.7. The van der Waals surface area contributed by atoms with E-state index in [4.69, 9.17) is 5.73 Å². The van der Waals surface area contributed by atoms with Crippen molar-refractivity contribution < 1.29 is 23.1 Å². The van der Waals surface area contributed by atoms with Crippen molar-refractivity contribution in [2.24, 2.45) is 11.7 Å². The highest BCUT2D eigenvalue weighted by Gasteiger charge is 2.42.